The molecule has 3 heterocycles. The van der Waals surface area contributed by atoms with Crippen LogP contribution in [-0.2, 0) is 4.79 Å². The van der Waals surface area contributed by atoms with Crippen molar-refractivity contribution in [1.82, 2.24) is 25.1 Å². The highest BCUT2D eigenvalue weighted by atomic mass is 32.1. The largest absolute Gasteiger partial charge is 0.494 e. The van der Waals surface area contributed by atoms with Gasteiger partial charge in [0.2, 0.25) is 11.0 Å². The Labute approximate surface area is 233 Å². The van der Waals surface area contributed by atoms with Crippen molar-refractivity contribution in [3.8, 4) is 40.6 Å². The van der Waals surface area contributed by atoms with Crippen molar-refractivity contribution in [3.63, 3.8) is 0 Å². The van der Waals surface area contributed by atoms with Crippen molar-refractivity contribution < 1.29 is 23.1 Å². The zero-order chi connectivity index (χ0) is 28.4. The lowest BCUT2D eigenvalue weighted by Crippen LogP contribution is -2.30. The quantitative estimate of drug-likeness (QED) is 0.449. The fourth-order valence-corrected chi connectivity index (χ4v) is 4.49. The third-order valence-corrected chi connectivity index (χ3v) is 7.13. The summed E-state index contributed by atoms with van der Waals surface area (Å²) < 4.78 is 32.5. The number of hydrogen-bond acceptors (Lipinski definition) is 8. The number of anilines is 1. The lowest BCUT2D eigenvalue weighted by atomic mass is 9.99. The van der Waals surface area contributed by atoms with Crippen molar-refractivity contribution in [2.24, 2.45) is 11.3 Å². The maximum absolute atomic E-state index is 13.6. The van der Waals surface area contributed by atoms with E-state index < -0.39 is 23.4 Å². The molecule has 0 aromatic carbocycles. The first-order chi connectivity index (χ1) is 19.2. The van der Waals surface area contributed by atoms with Crippen molar-refractivity contribution >= 4 is 28.3 Å². The smallest absolute Gasteiger partial charge is 0.280 e. The van der Waals surface area contributed by atoms with Gasteiger partial charge in [-0.1, -0.05) is 23.2 Å². The predicted octanol–water partition coefficient (Wildman–Crippen LogP) is 4.18. The van der Waals surface area contributed by atoms with Gasteiger partial charge in [0.05, 0.1) is 18.9 Å². The lowest BCUT2D eigenvalue weighted by molar-refractivity contribution is -0.132. The van der Waals surface area contributed by atoms with Crippen LogP contribution in [0.5, 0.6) is 5.75 Å². The zero-order valence-electron chi connectivity index (χ0n) is 21.9. The van der Waals surface area contributed by atoms with E-state index in [2.05, 4.69) is 49.2 Å². The Bertz CT molecular complexity index is 1610. The molecule has 0 unspecified atom stereocenters. The van der Waals surface area contributed by atoms with Crippen LogP contribution in [0.25, 0.3) is 11.1 Å². The Balaban J connectivity index is 1.52. The molecule has 5 rings (SSSR count). The van der Waals surface area contributed by atoms with Gasteiger partial charge < -0.3 is 9.64 Å². The average molecular weight is 563 g/mol. The predicted molar refractivity (Wildman–Crippen MR) is 144 cm³/mol. The van der Waals surface area contributed by atoms with Crippen molar-refractivity contribution in [2.75, 3.05) is 26.5 Å². The topological polar surface area (TPSA) is 110 Å². The van der Waals surface area contributed by atoms with Crippen LogP contribution in [0.3, 0.4) is 0 Å². The summed E-state index contributed by atoms with van der Waals surface area (Å²) in [6, 6.07) is 2.68. The van der Waals surface area contributed by atoms with Crippen LogP contribution >= 0.6 is 11.3 Å². The number of halogens is 2. The molecule has 0 bridgehead atoms. The van der Waals surface area contributed by atoms with Crippen LogP contribution < -0.4 is 10.1 Å². The number of aromatic nitrogens is 4. The summed E-state index contributed by atoms with van der Waals surface area (Å²) >= 11 is 1.13. The molecule has 0 atom stereocenters. The molecule has 3 aromatic rings. The van der Waals surface area contributed by atoms with Gasteiger partial charge in [-0.05, 0) is 49.7 Å². The molecule has 2 saturated carbocycles. The Kier molecular flexibility index (Phi) is 7.46. The van der Waals surface area contributed by atoms with E-state index in [1.807, 2.05) is 0 Å². The monoisotopic (exact) mass is 562 g/mol. The van der Waals surface area contributed by atoms with Gasteiger partial charge in [0.1, 0.15) is 22.6 Å². The Morgan fingerprint density at radius 3 is 2.55 bits per heavy atom. The average Bonchev–Trinajstić information content (AvgIpc) is 3.88. The molecule has 9 nitrogen and oxygen atoms in total. The number of carbonyl (C=O) groups excluding carboxylic acids is 2. The van der Waals surface area contributed by atoms with E-state index in [1.165, 1.54) is 36.5 Å². The highest BCUT2D eigenvalue weighted by Crippen LogP contribution is 2.46. The molecule has 40 heavy (non-hydrogen) atoms. The maximum atomic E-state index is 13.6. The minimum atomic E-state index is -2.84. The molecule has 2 fully saturated rings. The van der Waals surface area contributed by atoms with Crippen LogP contribution in [0, 0.1) is 35.0 Å². The van der Waals surface area contributed by atoms with Gasteiger partial charge in [0, 0.05) is 37.3 Å². The molecule has 0 spiro atoms. The first kappa shape index (κ1) is 27.2. The van der Waals surface area contributed by atoms with E-state index in [4.69, 9.17) is 4.74 Å². The molecule has 0 aliphatic heterocycles. The summed E-state index contributed by atoms with van der Waals surface area (Å²) in [5.74, 6) is 11.9. The van der Waals surface area contributed by atoms with E-state index in [0.717, 1.165) is 24.2 Å². The maximum Gasteiger partial charge on any atom is 0.280 e. The van der Waals surface area contributed by atoms with Crippen LogP contribution in [0.2, 0.25) is 0 Å². The third kappa shape index (κ3) is 5.92. The third-order valence-electron chi connectivity index (χ3n) is 6.37. The fourth-order valence-electron chi connectivity index (χ4n) is 3.89. The van der Waals surface area contributed by atoms with Crippen LogP contribution in [0.1, 0.15) is 58.9 Å². The normalized spacial score (nSPS) is 14.8. The zero-order valence-corrected chi connectivity index (χ0v) is 22.7. The Morgan fingerprint density at radius 2 is 1.90 bits per heavy atom. The summed E-state index contributed by atoms with van der Waals surface area (Å²) in [7, 11) is 4.72. The van der Waals surface area contributed by atoms with Gasteiger partial charge in [-0.2, -0.15) is 0 Å². The van der Waals surface area contributed by atoms with Crippen LogP contribution in [0.4, 0.5) is 13.9 Å². The van der Waals surface area contributed by atoms with E-state index in [-0.39, 0.29) is 39.2 Å². The fraction of sp³-hybridized carbons (Fsp3) is 0.357. The number of hydrogen-bond donors (Lipinski definition) is 1. The second-order valence-electron chi connectivity index (χ2n) is 9.67. The highest BCUT2D eigenvalue weighted by molar-refractivity contribution is 7.15. The summed E-state index contributed by atoms with van der Waals surface area (Å²) in [6.45, 7) is 0. The van der Waals surface area contributed by atoms with E-state index in [1.54, 1.807) is 14.1 Å². The number of pyridine rings is 2. The molecule has 2 aliphatic rings. The minimum absolute atomic E-state index is 0.0709. The second kappa shape index (κ2) is 11.0. The summed E-state index contributed by atoms with van der Waals surface area (Å²) in [5, 5.41) is 11.4. The number of nitrogens with one attached hydrogen (secondary N) is 1. The van der Waals surface area contributed by atoms with E-state index in [0.29, 0.717) is 23.8 Å². The van der Waals surface area contributed by atoms with Crippen molar-refractivity contribution in [3.05, 3.63) is 46.5 Å². The highest BCUT2D eigenvalue weighted by Gasteiger charge is 2.49. The van der Waals surface area contributed by atoms with Gasteiger partial charge in [0.25, 0.3) is 12.3 Å². The van der Waals surface area contributed by atoms with E-state index in [9.17, 15) is 18.4 Å². The van der Waals surface area contributed by atoms with Crippen molar-refractivity contribution in [2.45, 2.75) is 32.1 Å². The van der Waals surface area contributed by atoms with Gasteiger partial charge in [-0.25, -0.2) is 13.8 Å². The number of methoxy groups -OCH3 is 1. The number of nitrogens with zero attached hydrogens (tertiary/aromatic N) is 5. The number of alkyl halides is 2. The SMILES string of the molecule is COc1cnc(C(F)F)cc1-c1cc(C#CC2(C(=O)N(C)C)CC2)ncc1C(=O)Nc1nnc(C#CC2CC2)s1. The molecule has 204 valence electrons. The Hall–Kier alpha value is -4.42. The molecular formula is C28H24F2N6O3S. The number of ether oxygens (including phenoxy) is 1. The van der Waals surface area contributed by atoms with E-state index >= 15 is 0 Å². The summed E-state index contributed by atoms with van der Waals surface area (Å²) in [5.41, 5.74) is -0.460. The number of amides is 2. The van der Waals surface area contributed by atoms with Crippen LogP contribution in [-0.4, -0.2) is 58.1 Å². The van der Waals surface area contributed by atoms with Crippen molar-refractivity contribution in [1.29, 1.82) is 0 Å². The van der Waals surface area contributed by atoms with Gasteiger partial charge in [0.15, 0.2) is 5.01 Å². The minimum Gasteiger partial charge on any atom is -0.494 e. The lowest BCUT2D eigenvalue weighted by Gasteiger charge is -2.15. The van der Waals surface area contributed by atoms with Gasteiger partial charge in [-0.15, -0.1) is 10.2 Å². The summed E-state index contributed by atoms with van der Waals surface area (Å²) in [4.78, 5) is 35.5. The number of rotatable bonds is 6. The molecular weight excluding hydrogens is 538 g/mol. The molecule has 0 radical (unpaired) electrons. The molecule has 0 saturated heterocycles. The molecule has 12 heteroatoms. The molecule has 3 aromatic heterocycles. The summed E-state index contributed by atoms with van der Waals surface area (Å²) in [6.07, 6.45) is 3.05. The van der Waals surface area contributed by atoms with Gasteiger partial charge in [-0.3, -0.25) is 19.9 Å². The molecule has 2 aliphatic carbocycles. The van der Waals surface area contributed by atoms with Crippen LogP contribution in [0.15, 0.2) is 24.5 Å². The Morgan fingerprint density at radius 1 is 1.12 bits per heavy atom. The first-order valence-corrected chi connectivity index (χ1v) is 13.2. The first-order valence-electron chi connectivity index (χ1n) is 12.4. The van der Waals surface area contributed by atoms with Gasteiger partial charge >= 0.3 is 0 Å². The molecule has 1 N–H and O–H groups in total. The molecule has 2 amide bonds. The number of carbonyl (C=O) groups is 2. The standard InChI is InChI=1S/C28H24F2N6O3S/c1-36(2)26(38)28(10-11-28)9-8-17-12-18(19-13-21(24(29)30)32-15-22(19)39-3)20(14-31-17)25(37)33-27-35-34-23(40-27)7-6-16-4-5-16/h12-16,24H,4-5,10-11H2,1-3H3,(H,33,35,37). The second-order valence-corrected chi connectivity index (χ2v) is 10.6.